The molecule has 5 nitrogen and oxygen atoms in total. The van der Waals surface area contributed by atoms with Gasteiger partial charge in [0.2, 0.25) is 5.91 Å². The number of aromatic nitrogens is 2. The van der Waals surface area contributed by atoms with E-state index in [4.69, 9.17) is 0 Å². The third-order valence-electron chi connectivity index (χ3n) is 6.70. The molecule has 1 unspecified atom stereocenters. The summed E-state index contributed by atoms with van der Waals surface area (Å²) in [6.45, 7) is 2.59. The maximum atomic E-state index is 12.7. The van der Waals surface area contributed by atoms with Crippen LogP contribution in [0.1, 0.15) is 57.1 Å². The Kier molecular flexibility index (Phi) is 3.94. The van der Waals surface area contributed by atoms with Gasteiger partial charge in [-0.1, -0.05) is 0 Å². The van der Waals surface area contributed by atoms with Crippen LogP contribution in [0.25, 0.3) is 0 Å². The fraction of sp³-hybridized carbons (Fsp3) is 0.789. The summed E-state index contributed by atoms with van der Waals surface area (Å²) in [4.78, 5) is 14.8. The van der Waals surface area contributed by atoms with Gasteiger partial charge < -0.3 is 5.32 Å². The van der Waals surface area contributed by atoms with Crippen LogP contribution in [0, 0.1) is 17.8 Å². The van der Waals surface area contributed by atoms with Gasteiger partial charge in [0.05, 0.1) is 12.7 Å². The van der Waals surface area contributed by atoms with Gasteiger partial charge in [-0.05, 0) is 70.3 Å². The van der Waals surface area contributed by atoms with E-state index in [2.05, 4.69) is 22.2 Å². The fourth-order valence-electron chi connectivity index (χ4n) is 5.87. The van der Waals surface area contributed by atoms with Crippen LogP contribution < -0.4 is 5.32 Å². The van der Waals surface area contributed by atoms with Crippen LogP contribution in [-0.4, -0.2) is 39.7 Å². The van der Waals surface area contributed by atoms with Crippen molar-refractivity contribution in [2.45, 2.75) is 57.0 Å². The molecule has 24 heavy (non-hydrogen) atoms. The molecule has 1 amide bonds. The molecule has 1 aromatic rings. The first-order valence-electron chi connectivity index (χ1n) is 9.42. The summed E-state index contributed by atoms with van der Waals surface area (Å²) >= 11 is 0. The quantitative estimate of drug-likeness (QED) is 0.902. The Morgan fingerprint density at radius 2 is 1.92 bits per heavy atom. The summed E-state index contributed by atoms with van der Waals surface area (Å²) in [5, 5.41) is 7.70. The van der Waals surface area contributed by atoms with Crippen molar-refractivity contribution in [3.63, 3.8) is 0 Å². The predicted molar refractivity (Wildman–Crippen MR) is 93.3 cm³/mol. The Bertz CT molecular complexity index is 587. The van der Waals surface area contributed by atoms with E-state index in [-0.39, 0.29) is 17.5 Å². The van der Waals surface area contributed by atoms with Gasteiger partial charge in [-0.15, -0.1) is 0 Å². The summed E-state index contributed by atoms with van der Waals surface area (Å²) in [5.74, 6) is 2.78. The van der Waals surface area contributed by atoms with Crippen LogP contribution in [0.15, 0.2) is 12.4 Å². The molecule has 1 aromatic heterocycles. The summed E-state index contributed by atoms with van der Waals surface area (Å²) in [5.41, 5.74) is 1.27. The van der Waals surface area contributed by atoms with Gasteiger partial charge in [0.1, 0.15) is 0 Å². The molecule has 132 valence electrons. The minimum atomic E-state index is 0.115. The summed E-state index contributed by atoms with van der Waals surface area (Å²) in [6, 6.07) is 0.195. The number of nitrogens with one attached hydrogen (secondary N) is 1. The number of aryl methyl sites for hydroxylation is 1. The molecule has 1 heterocycles. The van der Waals surface area contributed by atoms with E-state index in [0.717, 1.165) is 23.3 Å². The molecular weight excluding hydrogens is 300 g/mol. The lowest BCUT2D eigenvalue weighted by atomic mass is 9.53. The summed E-state index contributed by atoms with van der Waals surface area (Å²) < 4.78 is 1.81. The fourth-order valence-corrected chi connectivity index (χ4v) is 5.87. The maximum absolute atomic E-state index is 12.7. The van der Waals surface area contributed by atoms with Crippen LogP contribution in [0.4, 0.5) is 0 Å². The first kappa shape index (κ1) is 16.1. The van der Waals surface area contributed by atoms with E-state index in [0.29, 0.717) is 6.54 Å². The zero-order valence-electron chi connectivity index (χ0n) is 15.2. The molecule has 4 aliphatic rings. The van der Waals surface area contributed by atoms with Crippen LogP contribution in [0.3, 0.4) is 0 Å². The molecule has 0 radical (unpaired) electrons. The first-order valence-corrected chi connectivity index (χ1v) is 9.42. The number of rotatable bonds is 5. The predicted octanol–water partition coefficient (Wildman–Crippen LogP) is 2.50. The van der Waals surface area contributed by atoms with Crippen molar-refractivity contribution in [1.82, 2.24) is 20.0 Å². The molecule has 4 aliphatic carbocycles. The van der Waals surface area contributed by atoms with E-state index in [1.165, 1.54) is 38.5 Å². The highest BCUT2D eigenvalue weighted by atomic mass is 16.2. The summed E-state index contributed by atoms with van der Waals surface area (Å²) in [6.07, 6.45) is 11.8. The number of nitrogens with zero attached hydrogens (tertiary/aromatic N) is 3. The lowest BCUT2D eigenvalue weighted by Crippen LogP contribution is -2.60. The van der Waals surface area contributed by atoms with E-state index >= 15 is 0 Å². The van der Waals surface area contributed by atoms with E-state index in [9.17, 15) is 4.79 Å². The largest absolute Gasteiger partial charge is 0.350 e. The van der Waals surface area contributed by atoms with Gasteiger partial charge in [-0.2, -0.15) is 5.10 Å². The van der Waals surface area contributed by atoms with Gasteiger partial charge in [0.25, 0.3) is 0 Å². The third kappa shape index (κ3) is 2.99. The Balaban J connectivity index is 1.36. The van der Waals surface area contributed by atoms with Crippen LogP contribution >= 0.6 is 0 Å². The number of amides is 1. The van der Waals surface area contributed by atoms with Crippen molar-refractivity contribution in [1.29, 1.82) is 0 Å². The second-order valence-corrected chi connectivity index (χ2v) is 8.78. The minimum Gasteiger partial charge on any atom is -0.350 e. The molecule has 5 rings (SSSR count). The van der Waals surface area contributed by atoms with Crippen molar-refractivity contribution >= 4 is 5.91 Å². The molecule has 1 atom stereocenters. The molecule has 0 saturated heterocycles. The van der Waals surface area contributed by atoms with Crippen molar-refractivity contribution in [2.75, 3.05) is 13.6 Å². The zero-order valence-corrected chi connectivity index (χ0v) is 15.2. The van der Waals surface area contributed by atoms with E-state index < -0.39 is 0 Å². The van der Waals surface area contributed by atoms with Gasteiger partial charge in [0, 0.05) is 30.4 Å². The number of likely N-dealkylation sites (N-methyl/N-ethyl adjacent to an activating group) is 1. The lowest BCUT2D eigenvalue weighted by Gasteiger charge is -2.57. The van der Waals surface area contributed by atoms with Crippen molar-refractivity contribution in [3.8, 4) is 0 Å². The van der Waals surface area contributed by atoms with E-state index in [1.54, 1.807) is 0 Å². The smallest absolute Gasteiger partial charge is 0.234 e. The SMILES string of the molecule is CC(c1cnn(C)c1)N(C)CC(=O)NC12CC3CC(CC(C3)C1)C2. The number of hydrogen-bond donors (Lipinski definition) is 1. The number of hydrogen-bond acceptors (Lipinski definition) is 3. The Morgan fingerprint density at radius 1 is 1.33 bits per heavy atom. The second kappa shape index (κ2) is 5.87. The molecule has 1 N–H and O–H groups in total. The normalized spacial score (nSPS) is 35.4. The maximum Gasteiger partial charge on any atom is 0.234 e. The van der Waals surface area contributed by atoms with Gasteiger partial charge >= 0.3 is 0 Å². The highest BCUT2D eigenvalue weighted by Crippen LogP contribution is 2.55. The van der Waals surface area contributed by atoms with Gasteiger partial charge in [-0.3, -0.25) is 14.4 Å². The molecule has 4 saturated carbocycles. The molecule has 0 aromatic carbocycles. The van der Waals surface area contributed by atoms with Crippen molar-refractivity contribution in [2.24, 2.45) is 24.8 Å². The average Bonchev–Trinajstić information content (AvgIpc) is 2.90. The van der Waals surface area contributed by atoms with Gasteiger partial charge in [0.15, 0.2) is 0 Å². The van der Waals surface area contributed by atoms with E-state index in [1.807, 2.05) is 31.2 Å². The molecule has 5 heteroatoms. The first-order chi connectivity index (χ1) is 11.4. The Morgan fingerprint density at radius 3 is 2.42 bits per heavy atom. The Labute approximate surface area is 144 Å². The number of carbonyl (C=O) groups is 1. The number of carbonyl (C=O) groups excluding carboxylic acids is 1. The standard InChI is InChI=1S/C19H30N4O/c1-13(17-10-20-23(3)11-17)22(2)12-18(24)21-19-7-14-4-15(8-19)6-16(5-14)9-19/h10-11,13-16H,4-9,12H2,1-3H3,(H,21,24). The van der Waals surface area contributed by atoms with Crippen LogP contribution in [-0.2, 0) is 11.8 Å². The molecular formula is C19H30N4O. The second-order valence-electron chi connectivity index (χ2n) is 8.78. The molecule has 4 bridgehead atoms. The topological polar surface area (TPSA) is 50.2 Å². The molecule has 0 aliphatic heterocycles. The van der Waals surface area contributed by atoms with Crippen LogP contribution in [0.5, 0.6) is 0 Å². The van der Waals surface area contributed by atoms with Crippen LogP contribution in [0.2, 0.25) is 0 Å². The zero-order chi connectivity index (χ0) is 16.9. The highest BCUT2D eigenvalue weighted by molar-refractivity contribution is 5.79. The average molecular weight is 330 g/mol. The summed E-state index contributed by atoms with van der Waals surface area (Å²) in [7, 11) is 3.95. The molecule has 4 fully saturated rings. The Hall–Kier alpha value is -1.36. The monoisotopic (exact) mass is 330 g/mol. The third-order valence-corrected chi connectivity index (χ3v) is 6.70. The van der Waals surface area contributed by atoms with Crippen molar-refractivity contribution in [3.05, 3.63) is 18.0 Å². The lowest BCUT2D eigenvalue weighted by molar-refractivity contribution is -0.128. The molecule has 0 spiro atoms. The van der Waals surface area contributed by atoms with Gasteiger partial charge in [-0.25, -0.2) is 0 Å². The minimum absolute atomic E-state index is 0.115. The highest BCUT2D eigenvalue weighted by Gasteiger charge is 2.51. The van der Waals surface area contributed by atoms with Crippen molar-refractivity contribution < 1.29 is 4.79 Å².